The van der Waals surface area contributed by atoms with Gasteiger partial charge >= 0.3 is 6.09 Å². The summed E-state index contributed by atoms with van der Waals surface area (Å²) in [5.74, 6) is 0.0213. The molecule has 2 atom stereocenters. The van der Waals surface area contributed by atoms with Gasteiger partial charge in [0.2, 0.25) is 5.91 Å². The van der Waals surface area contributed by atoms with Crippen molar-refractivity contribution >= 4 is 12.0 Å². The highest BCUT2D eigenvalue weighted by molar-refractivity contribution is 5.77. The molecule has 166 valence electrons. The van der Waals surface area contributed by atoms with Crippen LogP contribution in [-0.2, 0) is 19.0 Å². The van der Waals surface area contributed by atoms with Crippen LogP contribution in [0.25, 0.3) is 0 Å². The average Bonchev–Trinajstić information content (AvgIpc) is 3.23. The van der Waals surface area contributed by atoms with E-state index < -0.39 is 5.60 Å². The Labute approximate surface area is 178 Å². The Kier molecular flexibility index (Phi) is 7.66. The number of piperazine rings is 1. The van der Waals surface area contributed by atoms with E-state index >= 15 is 0 Å². The van der Waals surface area contributed by atoms with Crippen LogP contribution in [0.15, 0.2) is 24.5 Å². The fourth-order valence-corrected chi connectivity index (χ4v) is 3.74. The molecule has 8 nitrogen and oxygen atoms in total. The van der Waals surface area contributed by atoms with Gasteiger partial charge in [-0.05, 0) is 51.3 Å². The van der Waals surface area contributed by atoms with Gasteiger partial charge in [0.25, 0.3) is 0 Å². The van der Waals surface area contributed by atoms with Gasteiger partial charge in [-0.2, -0.15) is 0 Å². The standard InChI is InChI=1S/C22H33N3O5/c1-22(2,3)30-21(27)24-11-12-25(19(15-24)17-6-9-23-10-7-17)20(26)8-14-28-16-18-5-4-13-29-18/h6-7,9-10,18-19H,4-5,8,11-16H2,1-3H3/t18-,19+/m1/s1. The summed E-state index contributed by atoms with van der Waals surface area (Å²) in [6.45, 7) is 8.53. The molecule has 0 aromatic carbocycles. The zero-order valence-corrected chi connectivity index (χ0v) is 18.2. The first-order chi connectivity index (χ1) is 14.3. The largest absolute Gasteiger partial charge is 0.444 e. The van der Waals surface area contributed by atoms with Crippen LogP contribution in [0.3, 0.4) is 0 Å². The molecule has 3 heterocycles. The Bertz CT molecular complexity index is 700. The monoisotopic (exact) mass is 419 g/mol. The third kappa shape index (κ3) is 6.40. The van der Waals surface area contributed by atoms with Crippen molar-refractivity contribution < 1.29 is 23.8 Å². The van der Waals surface area contributed by atoms with Crippen molar-refractivity contribution in [2.75, 3.05) is 39.5 Å². The van der Waals surface area contributed by atoms with Crippen LogP contribution >= 0.6 is 0 Å². The molecule has 3 rings (SSSR count). The van der Waals surface area contributed by atoms with E-state index in [2.05, 4.69) is 4.98 Å². The number of aromatic nitrogens is 1. The summed E-state index contributed by atoms with van der Waals surface area (Å²) in [7, 11) is 0. The summed E-state index contributed by atoms with van der Waals surface area (Å²) < 4.78 is 16.7. The van der Waals surface area contributed by atoms with E-state index in [4.69, 9.17) is 14.2 Å². The fraction of sp³-hybridized carbons (Fsp3) is 0.682. The van der Waals surface area contributed by atoms with Crippen molar-refractivity contribution in [3.05, 3.63) is 30.1 Å². The minimum atomic E-state index is -0.559. The molecule has 2 aliphatic heterocycles. The van der Waals surface area contributed by atoms with E-state index in [1.807, 2.05) is 37.8 Å². The summed E-state index contributed by atoms with van der Waals surface area (Å²) >= 11 is 0. The molecule has 0 aliphatic carbocycles. The van der Waals surface area contributed by atoms with E-state index in [9.17, 15) is 9.59 Å². The topological polar surface area (TPSA) is 81.2 Å². The molecular weight excluding hydrogens is 386 g/mol. The maximum absolute atomic E-state index is 12.9. The summed E-state index contributed by atoms with van der Waals surface area (Å²) in [6, 6.07) is 3.54. The van der Waals surface area contributed by atoms with Crippen LogP contribution in [0, 0.1) is 0 Å². The molecule has 0 spiro atoms. The normalized spacial score (nSPS) is 22.2. The van der Waals surface area contributed by atoms with Crippen molar-refractivity contribution in [3.8, 4) is 0 Å². The molecule has 2 fully saturated rings. The molecule has 2 saturated heterocycles. The SMILES string of the molecule is CC(C)(C)OC(=O)N1CCN(C(=O)CCOC[C@H]2CCCO2)[C@H](c2ccncc2)C1. The quantitative estimate of drug-likeness (QED) is 0.660. The van der Waals surface area contributed by atoms with Crippen LogP contribution in [0.1, 0.15) is 51.6 Å². The van der Waals surface area contributed by atoms with Gasteiger partial charge < -0.3 is 24.0 Å². The van der Waals surface area contributed by atoms with Crippen molar-refractivity contribution in [1.82, 2.24) is 14.8 Å². The van der Waals surface area contributed by atoms with Crippen molar-refractivity contribution in [3.63, 3.8) is 0 Å². The molecule has 2 amide bonds. The number of rotatable bonds is 6. The first kappa shape index (κ1) is 22.5. The predicted octanol–water partition coefficient (Wildman–Crippen LogP) is 2.79. The second-order valence-corrected chi connectivity index (χ2v) is 8.77. The third-order valence-electron chi connectivity index (χ3n) is 5.23. The van der Waals surface area contributed by atoms with Gasteiger partial charge in [-0.3, -0.25) is 9.78 Å². The van der Waals surface area contributed by atoms with E-state index in [-0.39, 0.29) is 24.1 Å². The highest BCUT2D eigenvalue weighted by atomic mass is 16.6. The average molecular weight is 420 g/mol. The van der Waals surface area contributed by atoms with Gasteiger partial charge in [0.1, 0.15) is 5.60 Å². The highest BCUT2D eigenvalue weighted by Crippen LogP contribution is 2.27. The molecule has 0 N–H and O–H groups in total. The first-order valence-corrected chi connectivity index (χ1v) is 10.7. The number of carbonyl (C=O) groups excluding carboxylic acids is 2. The number of nitrogens with zero attached hydrogens (tertiary/aromatic N) is 3. The van der Waals surface area contributed by atoms with Crippen molar-refractivity contribution in [2.24, 2.45) is 0 Å². The van der Waals surface area contributed by atoms with Crippen LogP contribution in [0.2, 0.25) is 0 Å². The number of pyridine rings is 1. The summed E-state index contributed by atoms with van der Waals surface area (Å²) in [5.41, 5.74) is 0.392. The van der Waals surface area contributed by atoms with Crippen LogP contribution in [0.4, 0.5) is 4.79 Å². The van der Waals surface area contributed by atoms with Gasteiger partial charge in [-0.15, -0.1) is 0 Å². The van der Waals surface area contributed by atoms with Crippen molar-refractivity contribution in [2.45, 2.75) is 57.8 Å². The second-order valence-electron chi connectivity index (χ2n) is 8.77. The number of ether oxygens (including phenoxy) is 3. The summed E-state index contributed by atoms with van der Waals surface area (Å²) in [5, 5.41) is 0. The maximum Gasteiger partial charge on any atom is 0.410 e. The smallest absolute Gasteiger partial charge is 0.410 e. The Hall–Kier alpha value is -2.19. The van der Waals surface area contributed by atoms with E-state index in [1.165, 1.54) is 0 Å². The van der Waals surface area contributed by atoms with E-state index in [1.54, 1.807) is 17.3 Å². The van der Waals surface area contributed by atoms with Crippen LogP contribution in [-0.4, -0.2) is 77.9 Å². The van der Waals surface area contributed by atoms with Crippen molar-refractivity contribution in [1.29, 1.82) is 0 Å². The lowest BCUT2D eigenvalue weighted by atomic mass is 10.0. The molecule has 30 heavy (non-hydrogen) atoms. The van der Waals surface area contributed by atoms with Gasteiger partial charge in [0.15, 0.2) is 0 Å². The summed E-state index contributed by atoms with van der Waals surface area (Å²) in [4.78, 5) is 33.1. The number of hydrogen-bond donors (Lipinski definition) is 0. The molecule has 1 aromatic heterocycles. The highest BCUT2D eigenvalue weighted by Gasteiger charge is 2.35. The Morgan fingerprint density at radius 1 is 1.23 bits per heavy atom. The number of hydrogen-bond acceptors (Lipinski definition) is 6. The van der Waals surface area contributed by atoms with E-state index in [0.717, 1.165) is 25.0 Å². The van der Waals surface area contributed by atoms with Gasteiger partial charge in [0.05, 0.1) is 31.8 Å². The first-order valence-electron chi connectivity index (χ1n) is 10.7. The van der Waals surface area contributed by atoms with E-state index in [0.29, 0.717) is 39.3 Å². The summed E-state index contributed by atoms with van der Waals surface area (Å²) in [6.07, 6.45) is 5.61. The minimum Gasteiger partial charge on any atom is -0.444 e. The van der Waals surface area contributed by atoms with Crippen LogP contribution < -0.4 is 0 Å². The predicted molar refractivity (Wildman–Crippen MR) is 111 cm³/mol. The van der Waals surface area contributed by atoms with Crippen LogP contribution in [0.5, 0.6) is 0 Å². The van der Waals surface area contributed by atoms with Gasteiger partial charge in [-0.1, -0.05) is 0 Å². The Balaban J connectivity index is 1.59. The minimum absolute atomic E-state index is 0.0213. The van der Waals surface area contributed by atoms with Gasteiger partial charge in [0, 0.05) is 38.6 Å². The lowest BCUT2D eigenvalue weighted by molar-refractivity contribution is -0.137. The number of carbonyl (C=O) groups is 2. The molecule has 0 bridgehead atoms. The Morgan fingerprint density at radius 3 is 2.67 bits per heavy atom. The molecule has 2 aliphatic rings. The van der Waals surface area contributed by atoms with Gasteiger partial charge in [-0.25, -0.2) is 4.79 Å². The molecule has 0 unspecified atom stereocenters. The Morgan fingerprint density at radius 2 is 2.00 bits per heavy atom. The molecule has 0 saturated carbocycles. The lowest BCUT2D eigenvalue weighted by Gasteiger charge is -2.42. The molecule has 1 aromatic rings. The zero-order chi connectivity index (χ0) is 21.6. The third-order valence-corrected chi connectivity index (χ3v) is 5.23. The molecule has 0 radical (unpaired) electrons. The molecule has 8 heteroatoms. The maximum atomic E-state index is 12.9. The fourth-order valence-electron chi connectivity index (χ4n) is 3.74. The number of amides is 2. The zero-order valence-electron chi connectivity index (χ0n) is 18.2. The second kappa shape index (κ2) is 10.2. The molecular formula is C22H33N3O5. The lowest BCUT2D eigenvalue weighted by Crippen LogP contribution is -2.53.